The fraction of sp³-hybridized carbons (Fsp3) is 0.312. The fourth-order valence-corrected chi connectivity index (χ4v) is 3.68. The molecule has 1 aromatic carbocycles. The Bertz CT molecular complexity index is 916. The van der Waals surface area contributed by atoms with E-state index in [0.717, 1.165) is 35.1 Å². The second-order valence-corrected chi connectivity index (χ2v) is 7.70. The van der Waals surface area contributed by atoms with Crippen LogP contribution in [0.4, 0.5) is 15.4 Å². The summed E-state index contributed by atoms with van der Waals surface area (Å²) in [6.45, 7) is 2.21. The van der Waals surface area contributed by atoms with Gasteiger partial charge in [0.2, 0.25) is 21.3 Å². The van der Waals surface area contributed by atoms with Crippen LogP contribution in [0.25, 0.3) is 0 Å². The second-order valence-electron chi connectivity index (χ2n) is 5.75. The number of carbonyl (C=O) groups excluding carboxylic acids is 1. The highest BCUT2D eigenvalue weighted by atomic mass is 32.1. The standard InChI is InChI=1S/C10H9N3O2S.C6H10N4S/c14-8(6-7-4-2-1-3-5-7)11-9-12-13-10(15)16-9;7-5-8-9-6(11-5)10-3-1-2-4-10/h1-5H,6H2,(H,13,15)(H,11,12,14);1-4H2,(H2,7,8). The number of hydrogen-bond donors (Lipinski definition) is 3. The lowest BCUT2D eigenvalue weighted by Gasteiger charge is -2.10. The van der Waals surface area contributed by atoms with Gasteiger partial charge in [0.25, 0.3) is 0 Å². The van der Waals surface area contributed by atoms with Gasteiger partial charge >= 0.3 is 4.87 Å². The van der Waals surface area contributed by atoms with Crippen molar-refractivity contribution in [2.45, 2.75) is 19.3 Å². The molecule has 142 valence electrons. The third-order valence-electron chi connectivity index (χ3n) is 3.70. The maximum atomic E-state index is 11.5. The molecule has 4 rings (SSSR count). The van der Waals surface area contributed by atoms with Crippen LogP contribution in [0.15, 0.2) is 35.1 Å². The van der Waals surface area contributed by atoms with Crippen molar-refractivity contribution >= 4 is 44.0 Å². The highest BCUT2D eigenvalue weighted by Crippen LogP contribution is 2.24. The fourth-order valence-electron chi connectivity index (χ4n) is 2.49. The molecule has 1 saturated heterocycles. The number of nitrogens with one attached hydrogen (secondary N) is 2. The summed E-state index contributed by atoms with van der Waals surface area (Å²) in [5, 5.41) is 18.0. The molecule has 1 amide bonds. The number of anilines is 3. The van der Waals surface area contributed by atoms with E-state index < -0.39 is 0 Å². The monoisotopic (exact) mass is 405 g/mol. The average Bonchev–Trinajstić information content (AvgIpc) is 3.39. The molecule has 3 heterocycles. The van der Waals surface area contributed by atoms with Crippen LogP contribution < -0.4 is 20.8 Å². The maximum Gasteiger partial charge on any atom is 0.324 e. The summed E-state index contributed by atoms with van der Waals surface area (Å²) < 4.78 is 0. The van der Waals surface area contributed by atoms with Crippen molar-refractivity contribution in [2.75, 3.05) is 29.0 Å². The Hall–Kier alpha value is -2.79. The zero-order valence-corrected chi connectivity index (χ0v) is 16.1. The normalized spacial score (nSPS) is 13.1. The van der Waals surface area contributed by atoms with E-state index in [1.165, 1.54) is 24.2 Å². The van der Waals surface area contributed by atoms with Crippen LogP contribution in [0, 0.1) is 0 Å². The van der Waals surface area contributed by atoms with Crippen LogP contribution in [0.3, 0.4) is 0 Å². The lowest BCUT2D eigenvalue weighted by molar-refractivity contribution is -0.115. The summed E-state index contributed by atoms with van der Waals surface area (Å²) in [6, 6.07) is 9.37. The van der Waals surface area contributed by atoms with Crippen molar-refractivity contribution in [3.05, 3.63) is 45.6 Å². The smallest absolute Gasteiger partial charge is 0.324 e. The van der Waals surface area contributed by atoms with E-state index >= 15 is 0 Å². The third-order valence-corrected chi connectivity index (χ3v) is 5.18. The van der Waals surface area contributed by atoms with Crippen LogP contribution in [0.2, 0.25) is 0 Å². The highest BCUT2D eigenvalue weighted by molar-refractivity contribution is 7.18. The number of hydrogen-bond acceptors (Lipinski definition) is 9. The number of aromatic nitrogens is 4. The lowest BCUT2D eigenvalue weighted by atomic mass is 10.1. The molecule has 0 radical (unpaired) electrons. The molecule has 3 aromatic rings. The number of nitrogens with zero attached hydrogens (tertiary/aromatic N) is 4. The molecular weight excluding hydrogens is 386 g/mol. The summed E-state index contributed by atoms with van der Waals surface area (Å²) in [5.74, 6) is -0.186. The third kappa shape index (κ3) is 5.86. The van der Waals surface area contributed by atoms with Crippen LogP contribution in [-0.2, 0) is 11.2 Å². The Kier molecular flexibility index (Phi) is 6.49. The van der Waals surface area contributed by atoms with E-state index in [0.29, 0.717) is 10.3 Å². The number of carbonyl (C=O) groups is 1. The van der Waals surface area contributed by atoms with E-state index in [1.807, 2.05) is 30.3 Å². The average molecular weight is 406 g/mol. The van der Waals surface area contributed by atoms with Gasteiger partial charge in [-0.15, -0.1) is 15.3 Å². The number of nitrogen functional groups attached to an aromatic ring is 1. The van der Waals surface area contributed by atoms with E-state index in [-0.39, 0.29) is 17.2 Å². The molecule has 0 aliphatic carbocycles. The van der Waals surface area contributed by atoms with Gasteiger partial charge in [-0.2, -0.15) is 0 Å². The van der Waals surface area contributed by atoms with Crippen LogP contribution >= 0.6 is 22.7 Å². The lowest BCUT2D eigenvalue weighted by Crippen LogP contribution is -2.17. The summed E-state index contributed by atoms with van der Waals surface area (Å²) >= 11 is 2.34. The first-order valence-corrected chi connectivity index (χ1v) is 9.96. The molecule has 9 nitrogen and oxygen atoms in total. The molecule has 1 aliphatic heterocycles. The first-order chi connectivity index (χ1) is 13.1. The molecule has 0 atom stereocenters. The predicted molar refractivity (Wildman–Crippen MR) is 107 cm³/mol. The van der Waals surface area contributed by atoms with E-state index in [1.54, 1.807) is 0 Å². The SMILES string of the molecule is Nc1nnc(N2CCCC2)s1.O=C(Cc1ccccc1)Nc1n[nH]c(=O)s1. The first kappa shape index (κ1) is 19.0. The summed E-state index contributed by atoms with van der Waals surface area (Å²) in [6.07, 6.45) is 2.80. The zero-order valence-electron chi connectivity index (χ0n) is 14.4. The van der Waals surface area contributed by atoms with Gasteiger partial charge in [0.15, 0.2) is 0 Å². The Labute approximate surface area is 163 Å². The summed E-state index contributed by atoms with van der Waals surface area (Å²) in [4.78, 5) is 24.3. The number of benzene rings is 1. The minimum Gasteiger partial charge on any atom is -0.374 e. The molecule has 1 fully saturated rings. The van der Waals surface area contributed by atoms with Crippen molar-refractivity contribution in [3.8, 4) is 0 Å². The van der Waals surface area contributed by atoms with E-state index in [2.05, 4.69) is 30.6 Å². The molecule has 11 heteroatoms. The highest BCUT2D eigenvalue weighted by Gasteiger charge is 2.15. The van der Waals surface area contributed by atoms with Crippen molar-refractivity contribution in [1.82, 2.24) is 20.4 Å². The minimum absolute atomic E-state index is 0.186. The van der Waals surface area contributed by atoms with Crippen molar-refractivity contribution in [3.63, 3.8) is 0 Å². The van der Waals surface area contributed by atoms with Crippen LogP contribution in [0.1, 0.15) is 18.4 Å². The Morgan fingerprint density at radius 3 is 2.52 bits per heavy atom. The quantitative estimate of drug-likeness (QED) is 0.602. The van der Waals surface area contributed by atoms with Gasteiger partial charge in [-0.25, -0.2) is 5.10 Å². The van der Waals surface area contributed by atoms with Gasteiger partial charge in [-0.1, -0.05) is 41.7 Å². The first-order valence-electron chi connectivity index (χ1n) is 8.33. The molecule has 4 N–H and O–H groups in total. The molecule has 27 heavy (non-hydrogen) atoms. The molecule has 1 aliphatic rings. The Morgan fingerprint density at radius 1 is 1.19 bits per heavy atom. The van der Waals surface area contributed by atoms with Crippen molar-refractivity contribution < 1.29 is 4.79 Å². The van der Waals surface area contributed by atoms with Gasteiger partial charge in [-0.3, -0.25) is 9.59 Å². The molecule has 0 bridgehead atoms. The number of aromatic amines is 1. The number of nitrogens with two attached hydrogens (primary N) is 1. The van der Waals surface area contributed by atoms with Gasteiger partial charge < -0.3 is 16.0 Å². The Morgan fingerprint density at radius 2 is 1.93 bits per heavy atom. The summed E-state index contributed by atoms with van der Waals surface area (Å²) in [7, 11) is 0. The number of rotatable bonds is 4. The van der Waals surface area contributed by atoms with Gasteiger partial charge in [0.1, 0.15) is 0 Å². The second kappa shape index (κ2) is 9.24. The molecular formula is C16H19N7O2S2. The van der Waals surface area contributed by atoms with E-state index in [9.17, 15) is 9.59 Å². The van der Waals surface area contributed by atoms with Gasteiger partial charge in [-0.05, 0) is 29.7 Å². The molecule has 2 aromatic heterocycles. The Balaban J connectivity index is 0.000000166. The van der Waals surface area contributed by atoms with Crippen molar-refractivity contribution in [1.29, 1.82) is 0 Å². The predicted octanol–water partition coefficient (Wildman–Crippen LogP) is 1.73. The number of H-pyrrole nitrogens is 1. The molecule has 0 unspecified atom stereocenters. The summed E-state index contributed by atoms with van der Waals surface area (Å²) in [5.41, 5.74) is 6.38. The van der Waals surface area contributed by atoms with E-state index in [4.69, 9.17) is 5.73 Å². The van der Waals surface area contributed by atoms with Crippen LogP contribution in [0.5, 0.6) is 0 Å². The maximum absolute atomic E-state index is 11.5. The molecule has 0 spiro atoms. The van der Waals surface area contributed by atoms with Crippen molar-refractivity contribution in [2.24, 2.45) is 0 Å². The van der Waals surface area contributed by atoms with Crippen LogP contribution in [-0.4, -0.2) is 39.4 Å². The minimum atomic E-state index is -0.282. The largest absolute Gasteiger partial charge is 0.374 e. The zero-order chi connectivity index (χ0) is 19.1. The topological polar surface area (TPSA) is 130 Å². The van der Waals surface area contributed by atoms with Gasteiger partial charge in [0.05, 0.1) is 6.42 Å². The van der Waals surface area contributed by atoms with Gasteiger partial charge in [0, 0.05) is 13.1 Å². The molecule has 0 saturated carbocycles. The number of amides is 1.